The maximum Gasteiger partial charge on any atom is 0.323 e. The Morgan fingerprint density at radius 3 is 2.57 bits per heavy atom. The zero-order valence-corrected chi connectivity index (χ0v) is 8.27. The lowest BCUT2D eigenvalue weighted by molar-refractivity contribution is -0.145. The summed E-state index contributed by atoms with van der Waals surface area (Å²) in [5.74, 6) is -1.32. The fourth-order valence-corrected chi connectivity index (χ4v) is 1.86. The fraction of sp³-hybridized carbons (Fsp3) is 0.778. The maximum absolute atomic E-state index is 11.7. The number of carboxylic acids is 1. The first-order valence-electron chi connectivity index (χ1n) is 4.74. The van der Waals surface area contributed by atoms with Crippen molar-refractivity contribution in [2.75, 3.05) is 13.6 Å². The van der Waals surface area contributed by atoms with Gasteiger partial charge in [-0.15, -0.1) is 0 Å². The smallest absolute Gasteiger partial charge is 0.323 e. The molecular formula is C9H16N2O3. The number of hydrogen-bond donors (Lipinski definition) is 2. The Morgan fingerprint density at radius 1 is 1.50 bits per heavy atom. The lowest BCUT2D eigenvalue weighted by Crippen LogP contribution is -2.41. The summed E-state index contributed by atoms with van der Waals surface area (Å²) in [6, 6.07) is -0.0984. The van der Waals surface area contributed by atoms with E-state index in [0.29, 0.717) is 0 Å². The Labute approximate surface area is 82.9 Å². The third kappa shape index (κ3) is 2.45. The summed E-state index contributed by atoms with van der Waals surface area (Å²) in [6.45, 7) is -0.248. The van der Waals surface area contributed by atoms with Crippen LogP contribution in [0.3, 0.4) is 0 Å². The van der Waals surface area contributed by atoms with E-state index in [-0.39, 0.29) is 24.4 Å². The number of carbonyl (C=O) groups is 2. The average Bonchev–Trinajstić information content (AvgIpc) is 2.48. The molecule has 0 aromatic rings. The van der Waals surface area contributed by atoms with E-state index in [2.05, 4.69) is 0 Å². The first-order valence-corrected chi connectivity index (χ1v) is 4.74. The molecule has 1 aliphatic rings. The van der Waals surface area contributed by atoms with E-state index in [1.54, 1.807) is 0 Å². The normalized spacial score (nSPS) is 26.1. The van der Waals surface area contributed by atoms with Crippen molar-refractivity contribution in [2.24, 2.45) is 11.7 Å². The van der Waals surface area contributed by atoms with E-state index >= 15 is 0 Å². The van der Waals surface area contributed by atoms with Crippen molar-refractivity contribution in [3.63, 3.8) is 0 Å². The van der Waals surface area contributed by atoms with E-state index < -0.39 is 5.97 Å². The summed E-state index contributed by atoms with van der Waals surface area (Å²) in [5, 5.41) is 8.52. The first kappa shape index (κ1) is 11.0. The van der Waals surface area contributed by atoms with E-state index in [1.807, 2.05) is 0 Å². The van der Waals surface area contributed by atoms with Crippen LogP contribution in [0.1, 0.15) is 19.3 Å². The molecule has 1 rings (SSSR count). The van der Waals surface area contributed by atoms with E-state index in [0.717, 1.165) is 19.3 Å². The number of hydrogen-bond acceptors (Lipinski definition) is 3. The van der Waals surface area contributed by atoms with Gasteiger partial charge in [-0.1, -0.05) is 6.42 Å². The molecule has 0 heterocycles. The van der Waals surface area contributed by atoms with Crippen molar-refractivity contribution in [1.29, 1.82) is 0 Å². The topological polar surface area (TPSA) is 83.6 Å². The summed E-state index contributed by atoms with van der Waals surface area (Å²) < 4.78 is 0. The molecule has 0 aromatic carbocycles. The van der Waals surface area contributed by atoms with Crippen LogP contribution in [0, 0.1) is 5.92 Å². The molecule has 0 radical (unpaired) electrons. The zero-order valence-electron chi connectivity index (χ0n) is 8.27. The van der Waals surface area contributed by atoms with Gasteiger partial charge in [-0.05, 0) is 12.8 Å². The van der Waals surface area contributed by atoms with Crippen LogP contribution < -0.4 is 5.73 Å². The minimum Gasteiger partial charge on any atom is -0.480 e. The van der Waals surface area contributed by atoms with Crippen LogP contribution in [0.15, 0.2) is 0 Å². The molecule has 0 bridgehead atoms. The van der Waals surface area contributed by atoms with Gasteiger partial charge in [0.25, 0.3) is 0 Å². The van der Waals surface area contributed by atoms with Gasteiger partial charge >= 0.3 is 5.97 Å². The summed E-state index contributed by atoms with van der Waals surface area (Å²) in [6.07, 6.45) is 2.60. The van der Waals surface area contributed by atoms with Crippen LogP contribution in [0.4, 0.5) is 0 Å². The predicted octanol–water partition coefficient (Wildman–Crippen LogP) is -0.343. The Morgan fingerprint density at radius 2 is 2.14 bits per heavy atom. The van der Waals surface area contributed by atoms with E-state index in [1.165, 1.54) is 11.9 Å². The highest BCUT2D eigenvalue weighted by atomic mass is 16.4. The van der Waals surface area contributed by atoms with Crippen molar-refractivity contribution in [3.8, 4) is 0 Å². The quantitative estimate of drug-likeness (QED) is 0.652. The van der Waals surface area contributed by atoms with Gasteiger partial charge in [-0.3, -0.25) is 9.59 Å². The average molecular weight is 200 g/mol. The molecule has 14 heavy (non-hydrogen) atoms. The second kappa shape index (κ2) is 4.41. The highest BCUT2D eigenvalue weighted by Crippen LogP contribution is 2.25. The molecule has 1 saturated carbocycles. The van der Waals surface area contributed by atoms with Gasteiger partial charge in [0.2, 0.25) is 5.91 Å². The molecule has 5 heteroatoms. The molecular weight excluding hydrogens is 184 g/mol. The van der Waals surface area contributed by atoms with Crippen LogP contribution in [0.5, 0.6) is 0 Å². The summed E-state index contributed by atoms with van der Waals surface area (Å²) in [7, 11) is 1.50. The molecule has 0 saturated heterocycles. The minimum atomic E-state index is -0.993. The van der Waals surface area contributed by atoms with Crippen LogP contribution in [0.25, 0.3) is 0 Å². The molecule has 0 aromatic heterocycles. The van der Waals surface area contributed by atoms with Crippen molar-refractivity contribution >= 4 is 11.9 Å². The summed E-state index contributed by atoms with van der Waals surface area (Å²) in [5.41, 5.74) is 5.75. The highest BCUT2D eigenvalue weighted by molar-refractivity contribution is 5.83. The lowest BCUT2D eigenvalue weighted by atomic mass is 10.0. The molecule has 2 atom stereocenters. The fourth-order valence-electron chi connectivity index (χ4n) is 1.86. The largest absolute Gasteiger partial charge is 0.480 e. The summed E-state index contributed by atoms with van der Waals surface area (Å²) in [4.78, 5) is 23.3. The van der Waals surface area contributed by atoms with Crippen LogP contribution in [-0.2, 0) is 9.59 Å². The Bertz CT molecular complexity index is 242. The van der Waals surface area contributed by atoms with Gasteiger partial charge in [-0.2, -0.15) is 0 Å². The van der Waals surface area contributed by atoms with Gasteiger partial charge in [0, 0.05) is 13.1 Å². The van der Waals surface area contributed by atoms with Crippen molar-refractivity contribution in [2.45, 2.75) is 25.3 Å². The SMILES string of the molecule is CN(CC(=O)O)C(=O)C1CCCC1N. The van der Waals surface area contributed by atoms with Crippen LogP contribution in [-0.4, -0.2) is 41.5 Å². The number of carboxylic acid groups (broad SMARTS) is 1. The number of rotatable bonds is 3. The lowest BCUT2D eigenvalue weighted by Gasteiger charge is -2.21. The predicted molar refractivity (Wildman–Crippen MR) is 50.6 cm³/mol. The van der Waals surface area contributed by atoms with Crippen molar-refractivity contribution < 1.29 is 14.7 Å². The number of amides is 1. The molecule has 80 valence electrons. The zero-order chi connectivity index (χ0) is 10.7. The van der Waals surface area contributed by atoms with E-state index in [4.69, 9.17) is 10.8 Å². The van der Waals surface area contributed by atoms with Gasteiger partial charge in [0.1, 0.15) is 6.54 Å². The highest BCUT2D eigenvalue weighted by Gasteiger charge is 2.32. The maximum atomic E-state index is 11.7. The van der Waals surface area contributed by atoms with E-state index in [9.17, 15) is 9.59 Å². The summed E-state index contributed by atoms with van der Waals surface area (Å²) >= 11 is 0. The van der Waals surface area contributed by atoms with Crippen molar-refractivity contribution in [3.05, 3.63) is 0 Å². The van der Waals surface area contributed by atoms with Gasteiger partial charge in [0.15, 0.2) is 0 Å². The van der Waals surface area contributed by atoms with Crippen LogP contribution >= 0.6 is 0 Å². The Hall–Kier alpha value is -1.10. The molecule has 1 aliphatic carbocycles. The standard InChI is InChI=1S/C9H16N2O3/c1-11(5-8(12)13)9(14)6-3-2-4-7(6)10/h6-7H,2-5,10H2,1H3,(H,12,13). The van der Waals surface area contributed by atoms with Gasteiger partial charge in [0.05, 0.1) is 5.92 Å². The Balaban J connectivity index is 2.51. The number of nitrogens with zero attached hydrogens (tertiary/aromatic N) is 1. The number of aliphatic carboxylic acids is 1. The Kier molecular flexibility index (Phi) is 3.46. The monoisotopic (exact) mass is 200 g/mol. The molecule has 2 unspecified atom stereocenters. The number of nitrogens with two attached hydrogens (primary N) is 1. The second-order valence-electron chi connectivity index (χ2n) is 3.79. The molecule has 0 aliphatic heterocycles. The van der Waals surface area contributed by atoms with Gasteiger partial charge < -0.3 is 15.7 Å². The van der Waals surface area contributed by atoms with Gasteiger partial charge in [-0.25, -0.2) is 0 Å². The third-order valence-corrected chi connectivity index (χ3v) is 2.64. The molecule has 1 amide bonds. The number of likely N-dealkylation sites (N-methyl/N-ethyl adjacent to an activating group) is 1. The molecule has 3 N–H and O–H groups in total. The first-order chi connectivity index (χ1) is 6.52. The minimum absolute atomic E-state index is 0.0984. The molecule has 0 spiro atoms. The van der Waals surface area contributed by atoms with Crippen molar-refractivity contribution in [1.82, 2.24) is 4.90 Å². The molecule has 5 nitrogen and oxygen atoms in total. The van der Waals surface area contributed by atoms with Crippen LogP contribution in [0.2, 0.25) is 0 Å². The second-order valence-corrected chi connectivity index (χ2v) is 3.79. The molecule has 1 fully saturated rings. The number of carbonyl (C=O) groups excluding carboxylic acids is 1. The third-order valence-electron chi connectivity index (χ3n) is 2.64.